The molecule has 1 saturated heterocycles. The number of thioether (sulfide) groups is 1. The number of carbonyl (C=O) groups is 3. The van der Waals surface area contributed by atoms with Gasteiger partial charge < -0.3 is 25.2 Å². The Morgan fingerprint density at radius 3 is 2.55 bits per heavy atom. The van der Waals surface area contributed by atoms with Gasteiger partial charge in [-0.05, 0) is 31.2 Å². The summed E-state index contributed by atoms with van der Waals surface area (Å²) < 4.78 is 10.3. The smallest absolute Gasteiger partial charge is 0.340 e. The van der Waals surface area contributed by atoms with E-state index in [0.717, 1.165) is 17.3 Å². The summed E-state index contributed by atoms with van der Waals surface area (Å²) in [6, 6.07) is 10.4. The highest BCUT2D eigenvalue weighted by Crippen LogP contribution is 2.33. The van der Waals surface area contributed by atoms with Gasteiger partial charge in [0.2, 0.25) is 11.8 Å². The first-order valence-corrected chi connectivity index (χ1v) is 10.6. The number of aromatic carboxylic acids is 1. The SMILES string of the molecule is COc1ccc(/C=N/N=C2NC(=O)C(CC(=O)Nc3ccc(C)cc3)S2)c(C(=O)O)c1OC. The van der Waals surface area contributed by atoms with E-state index in [1.165, 1.54) is 26.5 Å². The van der Waals surface area contributed by atoms with Crippen molar-refractivity contribution < 1.29 is 29.0 Å². The third-order valence-corrected chi connectivity index (χ3v) is 5.69. The van der Waals surface area contributed by atoms with Gasteiger partial charge in [-0.25, -0.2) is 4.79 Å². The molecule has 1 atom stereocenters. The Balaban J connectivity index is 1.67. The number of carboxylic acids is 1. The van der Waals surface area contributed by atoms with Gasteiger partial charge in [-0.1, -0.05) is 29.5 Å². The number of rotatable bonds is 8. The third kappa shape index (κ3) is 5.89. The van der Waals surface area contributed by atoms with Gasteiger partial charge in [-0.3, -0.25) is 9.59 Å². The van der Waals surface area contributed by atoms with Crippen LogP contribution in [0.5, 0.6) is 11.5 Å². The van der Waals surface area contributed by atoms with Crippen molar-refractivity contribution in [3.63, 3.8) is 0 Å². The molecule has 0 spiro atoms. The maximum Gasteiger partial charge on any atom is 0.340 e. The molecule has 1 unspecified atom stereocenters. The van der Waals surface area contributed by atoms with E-state index < -0.39 is 11.2 Å². The second-order valence-corrected chi connectivity index (χ2v) is 8.13. The van der Waals surface area contributed by atoms with Crippen molar-refractivity contribution in [1.82, 2.24) is 5.32 Å². The van der Waals surface area contributed by atoms with Crippen LogP contribution in [0.15, 0.2) is 46.6 Å². The Morgan fingerprint density at radius 2 is 1.91 bits per heavy atom. The van der Waals surface area contributed by atoms with Gasteiger partial charge >= 0.3 is 5.97 Å². The van der Waals surface area contributed by atoms with E-state index in [2.05, 4.69) is 20.8 Å². The molecule has 1 aliphatic rings. The maximum atomic E-state index is 12.3. The van der Waals surface area contributed by atoms with Crippen LogP contribution < -0.4 is 20.1 Å². The molecule has 10 nitrogen and oxygen atoms in total. The van der Waals surface area contributed by atoms with E-state index in [1.807, 2.05) is 19.1 Å². The minimum atomic E-state index is -1.22. The summed E-state index contributed by atoms with van der Waals surface area (Å²) >= 11 is 1.07. The van der Waals surface area contributed by atoms with Crippen molar-refractivity contribution in [3.8, 4) is 11.5 Å². The highest BCUT2D eigenvalue weighted by molar-refractivity contribution is 8.15. The lowest BCUT2D eigenvalue weighted by Gasteiger charge is -2.11. The van der Waals surface area contributed by atoms with Crippen molar-refractivity contribution in [2.45, 2.75) is 18.6 Å². The zero-order chi connectivity index (χ0) is 24.0. The molecule has 1 fully saturated rings. The summed E-state index contributed by atoms with van der Waals surface area (Å²) in [7, 11) is 2.74. The fourth-order valence-electron chi connectivity index (χ4n) is 3.02. The fourth-order valence-corrected chi connectivity index (χ4v) is 3.94. The van der Waals surface area contributed by atoms with Crippen LogP contribution in [0.1, 0.15) is 27.9 Å². The van der Waals surface area contributed by atoms with Crippen LogP contribution in [-0.2, 0) is 9.59 Å². The molecule has 0 aliphatic carbocycles. The van der Waals surface area contributed by atoms with Crippen LogP contribution in [0.4, 0.5) is 5.69 Å². The van der Waals surface area contributed by atoms with E-state index in [1.54, 1.807) is 18.2 Å². The van der Waals surface area contributed by atoms with Crippen molar-refractivity contribution in [1.29, 1.82) is 0 Å². The Bertz CT molecular complexity index is 1130. The lowest BCUT2D eigenvalue weighted by atomic mass is 10.1. The number of hydrogen-bond acceptors (Lipinski definition) is 8. The number of anilines is 1. The van der Waals surface area contributed by atoms with Gasteiger partial charge in [0.25, 0.3) is 0 Å². The molecule has 2 amide bonds. The number of aryl methyl sites for hydroxylation is 1. The number of carbonyl (C=O) groups excluding carboxylic acids is 2. The molecule has 11 heteroatoms. The van der Waals surface area contributed by atoms with Crippen molar-refractivity contribution in [3.05, 3.63) is 53.1 Å². The summed E-state index contributed by atoms with van der Waals surface area (Å²) in [5.74, 6) is -1.55. The lowest BCUT2D eigenvalue weighted by molar-refractivity contribution is -0.122. The summed E-state index contributed by atoms with van der Waals surface area (Å²) in [4.78, 5) is 36.2. The van der Waals surface area contributed by atoms with E-state index in [0.29, 0.717) is 5.69 Å². The Labute approximate surface area is 194 Å². The first kappa shape index (κ1) is 23.8. The van der Waals surface area contributed by atoms with Crippen LogP contribution in [0.3, 0.4) is 0 Å². The second-order valence-electron chi connectivity index (χ2n) is 6.93. The van der Waals surface area contributed by atoms with Crippen molar-refractivity contribution >= 4 is 46.6 Å². The van der Waals surface area contributed by atoms with E-state index >= 15 is 0 Å². The number of hydrogen-bond donors (Lipinski definition) is 3. The van der Waals surface area contributed by atoms with E-state index in [9.17, 15) is 19.5 Å². The minimum absolute atomic E-state index is 0.0358. The van der Waals surface area contributed by atoms with E-state index in [-0.39, 0.29) is 46.0 Å². The normalized spacial score (nSPS) is 16.6. The summed E-state index contributed by atoms with van der Waals surface area (Å²) in [6.45, 7) is 1.95. The number of ether oxygens (including phenoxy) is 2. The molecule has 0 radical (unpaired) electrons. The van der Waals surface area contributed by atoms with Crippen LogP contribution in [0, 0.1) is 6.92 Å². The Morgan fingerprint density at radius 1 is 1.18 bits per heavy atom. The zero-order valence-corrected chi connectivity index (χ0v) is 18.9. The molecule has 0 bridgehead atoms. The molecule has 3 N–H and O–H groups in total. The Kier molecular flexibility index (Phi) is 7.67. The number of amides is 2. The fraction of sp³-hybridized carbons (Fsp3) is 0.227. The molecule has 2 aromatic carbocycles. The quantitative estimate of drug-likeness (QED) is 0.398. The molecule has 3 rings (SSSR count). The molecular formula is C22H22N4O6S. The third-order valence-electron chi connectivity index (χ3n) is 4.62. The topological polar surface area (TPSA) is 139 Å². The molecule has 33 heavy (non-hydrogen) atoms. The molecule has 0 saturated carbocycles. The highest BCUT2D eigenvalue weighted by Gasteiger charge is 2.32. The lowest BCUT2D eigenvalue weighted by Crippen LogP contribution is -2.28. The van der Waals surface area contributed by atoms with Gasteiger partial charge in [-0.15, -0.1) is 5.10 Å². The zero-order valence-electron chi connectivity index (χ0n) is 18.1. The van der Waals surface area contributed by atoms with Crippen LogP contribution in [0.25, 0.3) is 0 Å². The van der Waals surface area contributed by atoms with Crippen LogP contribution >= 0.6 is 11.8 Å². The number of nitrogens with zero attached hydrogens (tertiary/aromatic N) is 2. The monoisotopic (exact) mass is 470 g/mol. The second kappa shape index (κ2) is 10.6. The van der Waals surface area contributed by atoms with Crippen molar-refractivity contribution in [2.75, 3.05) is 19.5 Å². The number of amidine groups is 1. The van der Waals surface area contributed by atoms with Crippen LogP contribution in [-0.4, -0.2) is 53.7 Å². The standard InChI is InChI=1S/C22H22N4O6S/c1-12-4-7-14(8-5-12)24-17(27)10-16-20(28)25-22(33-16)26-23-11-13-6-9-15(31-2)19(32-3)18(13)21(29)30/h4-9,11,16H,10H2,1-3H3,(H,24,27)(H,29,30)(H,25,26,28)/b23-11+. The van der Waals surface area contributed by atoms with Gasteiger partial charge in [0.05, 0.1) is 20.4 Å². The molecule has 1 aliphatic heterocycles. The molecule has 172 valence electrons. The minimum Gasteiger partial charge on any atom is -0.493 e. The molecule has 0 aromatic heterocycles. The number of carboxylic acid groups (broad SMARTS) is 1. The van der Waals surface area contributed by atoms with Crippen LogP contribution in [0.2, 0.25) is 0 Å². The predicted octanol–water partition coefficient (Wildman–Crippen LogP) is 2.66. The highest BCUT2D eigenvalue weighted by atomic mass is 32.2. The van der Waals surface area contributed by atoms with Gasteiger partial charge in [0.15, 0.2) is 16.7 Å². The Hall–Kier alpha value is -3.86. The maximum absolute atomic E-state index is 12.3. The van der Waals surface area contributed by atoms with Gasteiger partial charge in [-0.2, -0.15) is 5.10 Å². The van der Waals surface area contributed by atoms with E-state index in [4.69, 9.17) is 9.47 Å². The number of benzene rings is 2. The van der Waals surface area contributed by atoms with Gasteiger partial charge in [0.1, 0.15) is 10.8 Å². The predicted molar refractivity (Wildman–Crippen MR) is 125 cm³/mol. The molecular weight excluding hydrogens is 448 g/mol. The number of nitrogens with one attached hydrogen (secondary N) is 2. The summed E-state index contributed by atoms with van der Waals surface area (Å²) in [5, 5.41) is 22.3. The summed E-state index contributed by atoms with van der Waals surface area (Å²) in [6.07, 6.45) is 1.20. The molecule has 1 heterocycles. The first-order valence-electron chi connectivity index (χ1n) is 9.75. The largest absolute Gasteiger partial charge is 0.493 e. The average molecular weight is 471 g/mol. The summed E-state index contributed by atoms with van der Waals surface area (Å²) in [5.41, 5.74) is 1.84. The number of methoxy groups -OCH3 is 2. The van der Waals surface area contributed by atoms with Gasteiger partial charge in [0, 0.05) is 17.7 Å². The average Bonchev–Trinajstić information content (AvgIpc) is 3.13. The van der Waals surface area contributed by atoms with Crippen molar-refractivity contribution in [2.24, 2.45) is 10.2 Å². The first-order chi connectivity index (χ1) is 15.8. The molecule has 2 aromatic rings.